The van der Waals surface area contributed by atoms with E-state index >= 15 is 0 Å². The van der Waals surface area contributed by atoms with Crippen LogP contribution >= 0.6 is 11.9 Å². The van der Waals surface area contributed by atoms with Crippen LogP contribution in [0.15, 0.2) is 11.6 Å². The lowest BCUT2D eigenvalue weighted by atomic mass is 9.92. The molecule has 4 nitrogen and oxygen atoms in total. The summed E-state index contributed by atoms with van der Waals surface area (Å²) >= 11 is 1.47. The zero-order valence-corrected chi connectivity index (χ0v) is 8.60. The number of hydrogen-bond donors (Lipinski definition) is 1. The standard InChI is InChI=1S/C8H13N3OS/c1-8(2)3-4-10(7(8)12)11-5-6-13-9-11/h5-6,9H,3-4H2,1-2H3. The second kappa shape index (κ2) is 2.92. The van der Waals surface area contributed by atoms with Gasteiger partial charge >= 0.3 is 0 Å². The Bertz CT molecular complexity index is 264. The molecule has 72 valence electrons. The predicted octanol–water partition coefficient (Wildman–Crippen LogP) is 1.10. The lowest BCUT2D eigenvalue weighted by Gasteiger charge is -2.27. The van der Waals surface area contributed by atoms with Gasteiger partial charge in [-0.05, 0) is 18.4 Å². The molecular weight excluding hydrogens is 186 g/mol. The van der Waals surface area contributed by atoms with Gasteiger partial charge in [-0.3, -0.25) is 4.79 Å². The van der Waals surface area contributed by atoms with Crippen LogP contribution in [0.25, 0.3) is 0 Å². The molecule has 0 aromatic rings. The van der Waals surface area contributed by atoms with Crippen LogP contribution in [0.5, 0.6) is 0 Å². The molecule has 1 fully saturated rings. The fourth-order valence-electron chi connectivity index (χ4n) is 1.48. The Balaban J connectivity index is 2.10. The van der Waals surface area contributed by atoms with Gasteiger partial charge in [0.2, 0.25) is 5.91 Å². The summed E-state index contributed by atoms with van der Waals surface area (Å²) in [7, 11) is 0. The number of nitrogens with zero attached hydrogens (tertiary/aromatic N) is 2. The van der Waals surface area contributed by atoms with Gasteiger partial charge in [-0.15, -0.1) is 0 Å². The smallest absolute Gasteiger partial charge is 0.247 e. The number of hydrogen-bond acceptors (Lipinski definition) is 4. The summed E-state index contributed by atoms with van der Waals surface area (Å²) in [6.07, 6.45) is 2.78. The van der Waals surface area contributed by atoms with Crippen molar-refractivity contribution in [2.45, 2.75) is 20.3 Å². The highest BCUT2D eigenvalue weighted by molar-refractivity contribution is 8.00. The first-order valence-electron chi connectivity index (χ1n) is 4.30. The van der Waals surface area contributed by atoms with Crippen molar-refractivity contribution in [1.29, 1.82) is 0 Å². The fourth-order valence-corrected chi connectivity index (χ4v) is 1.99. The van der Waals surface area contributed by atoms with Gasteiger partial charge in [0.1, 0.15) is 0 Å². The first kappa shape index (κ1) is 8.90. The van der Waals surface area contributed by atoms with Crippen LogP contribution in [0.4, 0.5) is 0 Å². The van der Waals surface area contributed by atoms with E-state index in [1.54, 1.807) is 10.1 Å². The molecule has 0 radical (unpaired) electrons. The number of nitrogens with one attached hydrogen (secondary N) is 1. The molecular formula is C8H13N3OS. The van der Waals surface area contributed by atoms with E-state index in [1.165, 1.54) is 11.9 Å². The Hall–Kier alpha value is -0.680. The monoisotopic (exact) mass is 199 g/mol. The van der Waals surface area contributed by atoms with Crippen LogP contribution in [0.2, 0.25) is 0 Å². The molecule has 13 heavy (non-hydrogen) atoms. The number of rotatable bonds is 1. The minimum Gasteiger partial charge on any atom is -0.272 e. The lowest BCUT2D eigenvalue weighted by molar-refractivity contribution is -0.146. The van der Waals surface area contributed by atoms with E-state index in [0.717, 1.165) is 13.0 Å². The van der Waals surface area contributed by atoms with Crippen LogP contribution in [0.3, 0.4) is 0 Å². The van der Waals surface area contributed by atoms with Crippen LogP contribution in [-0.2, 0) is 4.79 Å². The average Bonchev–Trinajstić information content (AvgIpc) is 2.63. The van der Waals surface area contributed by atoms with E-state index in [4.69, 9.17) is 0 Å². The quantitative estimate of drug-likeness (QED) is 0.641. The van der Waals surface area contributed by atoms with Crippen molar-refractivity contribution in [2.75, 3.05) is 6.54 Å². The largest absolute Gasteiger partial charge is 0.272 e. The summed E-state index contributed by atoms with van der Waals surface area (Å²) < 4.78 is 0. The Morgan fingerprint density at radius 1 is 1.62 bits per heavy atom. The maximum absolute atomic E-state index is 11.8. The van der Waals surface area contributed by atoms with E-state index < -0.39 is 0 Å². The number of amides is 1. The van der Waals surface area contributed by atoms with Crippen molar-refractivity contribution in [2.24, 2.45) is 5.41 Å². The molecule has 0 spiro atoms. The minimum atomic E-state index is -0.206. The molecule has 0 bridgehead atoms. The van der Waals surface area contributed by atoms with Crippen molar-refractivity contribution in [3.63, 3.8) is 0 Å². The number of carbonyl (C=O) groups is 1. The second-order valence-corrected chi connectivity index (χ2v) is 4.59. The van der Waals surface area contributed by atoms with E-state index in [1.807, 2.05) is 25.5 Å². The third kappa shape index (κ3) is 1.42. The molecule has 2 heterocycles. The van der Waals surface area contributed by atoms with E-state index in [-0.39, 0.29) is 11.3 Å². The highest BCUT2D eigenvalue weighted by Crippen LogP contribution is 2.32. The molecule has 2 rings (SSSR count). The highest BCUT2D eigenvalue weighted by atomic mass is 32.2. The Morgan fingerprint density at radius 2 is 2.38 bits per heavy atom. The van der Waals surface area contributed by atoms with Crippen molar-refractivity contribution < 1.29 is 4.79 Å². The summed E-state index contributed by atoms with van der Waals surface area (Å²) in [6.45, 7) is 4.77. The first-order valence-corrected chi connectivity index (χ1v) is 5.18. The molecule has 0 atom stereocenters. The summed E-state index contributed by atoms with van der Waals surface area (Å²) in [5, 5.41) is 5.41. The first-order chi connectivity index (χ1) is 6.11. The number of hydrazine groups is 2. The van der Waals surface area contributed by atoms with Gasteiger partial charge in [0, 0.05) is 23.6 Å². The molecule has 0 aliphatic carbocycles. The summed E-state index contributed by atoms with van der Waals surface area (Å²) in [5.74, 6) is 0.187. The van der Waals surface area contributed by atoms with Crippen molar-refractivity contribution in [3.05, 3.63) is 11.6 Å². The van der Waals surface area contributed by atoms with Gasteiger partial charge in [0.05, 0.1) is 0 Å². The topological polar surface area (TPSA) is 35.6 Å². The molecule has 0 saturated carbocycles. The van der Waals surface area contributed by atoms with Gasteiger partial charge in [-0.1, -0.05) is 13.8 Å². The lowest BCUT2D eigenvalue weighted by Crippen LogP contribution is -2.45. The zero-order valence-electron chi connectivity index (χ0n) is 7.78. The maximum atomic E-state index is 11.8. The predicted molar refractivity (Wildman–Crippen MR) is 51.8 cm³/mol. The third-order valence-corrected chi connectivity index (χ3v) is 2.99. The zero-order chi connectivity index (χ0) is 9.47. The normalized spacial score (nSPS) is 26.2. The van der Waals surface area contributed by atoms with E-state index in [0.29, 0.717) is 0 Å². The van der Waals surface area contributed by atoms with Gasteiger partial charge in [-0.2, -0.15) is 4.83 Å². The Morgan fingerprint density at radius 3 is 2.85 bits per heavy atom. The molecule has 1 N–H and O–H groups in total. The van der Waals surface area contributed by atoms with Crippen LogP contribution in [0, 0.1) is 5.41 Å². The molecule has 0 unspecified atom stereocenters. The fraction of sp³-hybridized carbons (Fsp3) is 0.625. The average molecular weight is 199 g/mol. The molecule has 1 saturated heterocycles. The SMILES string of the molecule is CC1(C)CCN(N2C=CSN2)C1=O. The van der Waals surface area contributed by atoms with Gasteiger partial charge in [0.15, 0.2) is 0 Å². The maximum Gasteiger partial charge on any atom is 0.247 e. The van der Waals surface area contributed by atoms with E-state index in [2.05, 4.69) is 4.83 Å². The molecule has 2 aliphatic rings. The van der Waals surface area contributed by atoms with Crippen LogP contribution < -0.4 is 4.83 Å². The molecule has 1 amide bonds. The molecule has 5 heteroatoms. The highest BCUT2D eigenvalue weighted by Gasteiger charge is 2.41. The molecule has 2 aliphatic heterocycles. The van der Waals surface area contributed by atoms with Gasteiger partial charge < -0.3 is 0 Å². The summed E-state index contributed by atoms with van der Waals surface area (Å²) in [4.78, 5) is 14.8. The summed E-state index contributed by atoms with van der Waals surface area (Å²) in [5.41, 5.74) is -0.206. The van der Waals surface area contributed by atoms with Crippen molar-refractivity contribution >= 4 is 17.9 Å². The van der Waals surface area contributed by atoms with Crippen LogP contribution in [0.1, 0.15) is 20.3 Å². The minimum absolute atomic E-state index is 0.187. The van der Waals surface area contributed by atoms with E-state index in [9.17, 15) is 4.79 Å². The van der Waals surface area contributed by atoms with Crippen molar-refractivity contribution in [3.8, 4) is 0 Å². The third-order valence-electron chi connectivity index (χ3n) is 2.44. The Kier molecular flexibility index (Phi) is 2.00. The molecule has 0 aromatic carbocycles. The second-order valence-electron chi connectivity index (χ2n) is 3.90. The van der Waals surface area contributed by atoms with Gasteiger partial charge in [0.25, 0.3) is 0 Å². The molecule has 0 aromatic heterocycles. The summed E-state index contributed by atoms with van der Waals surface area (Å²) in [6, 6.07) is 0. The van der Waals surface area contributed by atoms with Crippen LogP contribution in [-0.4, -0.2) is 22.6 Å². The Labute approximate surface area is 82.0 Å². The number of carbonyl (C=O) groups excluding carboxylic acids is 1. The van der Waals surface area contributed by atoms with Gasteiger partial charge in [-0.25, -0.2) is 10.1 Å². The van der Waals surface area contributed by atoms with Crippen molar-refractivity contribution in [1.82, 2.24) is 15.0 Å².